The molecular formula is C21H35NO. The summed E-state index contributed by atoms with van der Waals surface area (Å²) in [6, 6.07) is 0. The molecule has 0 spiro atoms. The van der Waals surface area contributed by atoms with Gasteiger partial charge in [0.25, 0.3) is 0 Å². The van der Waals surface area contributed by atoms with E-state index in [0.29, 0.717) is 29.8 Å². The van der Waals surface area contributed by atoms with Crippen LogP contribution < -0.4 is 0 Å². The van der Waals surface area contributed by atoms with Gasteiger partial charge in [0.15, 0.2) is 0 Å². The predicted octanol–water partition coefficient (Wildman–Crippen LogP) is 5.86. The first-order valence-electron chi connectivity index (χ1n) is 9.31. The van der Waals surface area contributed by atoms with Crippen molar-refractivity contribution in [2.45, 2.75) is 98.7 Å². The van der Waals surface area contributed by atoms with E-state index < -0.39 is 0 Å². The summed E-state index contributed by atoms with van der Waals surface area (Å²) in [4.78, 5) is 5.03. The second kappa shape index (κ2) is 6.93. The number of ether oxygens (including phenoxy) is 1. The Kier molecular flexibility index (Phi) is 5.56. The summed E-state index contributed by atoms with van der Waals surface area (Å²) >= 11 is 0. The van der Waals surface area contributed by atoms with E-state index in [2.05, 4.69) is 62.3 Å². The summed E-state index contributed by atoms with van der Waals surface area (Å²) < 4.78 is 6.32. The molecule has 130 valence electrons. The van der Waals surface area contributed by atoms with Crippen LogP contribution in [0, 0.1) is 19.8 Å². The fraction of sp³-hybridized carbons (Fsp3) is 0.762. The third kappa shape index (κ3) is 3.47. The van der Waals surface area contributed by atoms with Gasteiger partial charge in [-0.15, -0.1) is 0 Å². The molecule has 0 N–H and O–H groups in total. The summed E-state index contributed by atoms with van der Waals surface area (Å²) in [5.74, 6) is 2.00. The Morgan fingerprint density at radius 3 is 2.13 bits per heavy atom. The molecule has 0 bridgehead atoms. The van der Waals surface area contributed by atoms with E-state index in [4.69, 9.17) is 9.72 Å². The smallest absolute Gasteiger partial charge is 0.0616 e. The van der Waals surface area contributed by atoms with E-state index in [-0.39, 0.29) is 6.10 Å². The number of fused-ring (bicyclic) bond motifs is 1. The second-order valence-corrected chi connectivity index (χ2v) is 8.22. The molecule has 1 aromatic heterocycles. The van der Waals surface area contributed by atoms with Crippen molar-refractivity contribution in [2.24, 2.45) is 5.92 Å². The number of rotatable bonds is 2. The molecule has 0 saturated carbocycles. The van der Waals surface area contributed by atoms with Crippen molar-refractivity contribution in [3.8, 4) is 0 Å². The average Bonchev–Trinajstić information content (AvgIpc) is 2.44. The Balaban J connectivity index is 2.80. The lowest BCUT2D eigenvalue weighted by Gasteiger charge is -2.38. The molecule has 1 aliphatic rings. The fourth-order valence-electron chi connectivity index (χ4n) is 4.13. The average molecular weight is 318 g/mol. The molecule has 0 aromatic carbocycles. The van der Waals surface area contributed by atoms with Gasteiger partial charge >= 0.3 is 0 Å². The van der Waals surface area contributed by atoms with Crippen LogP contribution in [-0.2, 0) is 4.74 Å². The van der Waals surface area contributed by atoms with Crippen LogP contribution in [0.3, 0.4) is 0 Å². The molecular weight excluding hydrogens is 282 g/mol. The van der Waals surface area contributed by atoms with E-state index in [0.717, 1.165) is 6.42 Å². The van der Waals surface area contributed by atoms with E-state index in [1.807, 2.05) is 0 Å². The Morgan fingerprint density at radius 2 is 1.61 bits per heavy atom. The topological polar surface area (TPSA) is 22.1 Å². The van der Waals surface area contributed by atoms with Gasteiger partial charge < -0.3 is 4.74 Å². The van der Waals surface area contributed by atoms with Crippen molar-refractivity contribution in [3.63, 3.8) is 0 Å². The standard InChI is InChI=1S/C21H35NO/c1-11(2)18-10-13(5)23-17(9)15(7)19-14(6)16(8)22-21(12(3)4)20(18)19/h11-13,15,17-18H,10H2,1-9H3/t13-,15-,17+,18?/m1/s1. The molecule has 0 radical (unpaired) electrons. The van der Waals surface area contributed by atoms with Crippen LogP contribution in [0.1, 0.15) is 101 Å². The molecule has 1 aromatic rings. The van der Waals surface area contributed by atoms with Crippen LogP contribution in [-0.4, -0.2) is 17.2 Å². The van der Waals surface area contributed by atoms with Crippen LogP contribution in [0.2, 0.25) is 0 Å². The quantitative estimate of drug-likeness (QED) is 0.681. The number of aromatic nitrogens is 1. The molecule has 2 heteroatoms. The van der Waals surface area contributed by atoms with Gasteiger partial charge in [0.05, 0.1) is 12.2 Å². The van der Waals surface area contributed by atoms with Crippen molar-refractivity contribution >= 4 is 0 Å². The monoisotopic (exact) mass is 317 g/mol. The van der Waals surface area contributed by atoms with Gasteiger partial charge in [-0.3, -0.25) is 4.98 Å². The van der Waals surface area contributed by atoms with E-state index in [1.165, 1.54) is 28.1 Å². The van der Waals surface area contributed by atoms with Crippen LogP contribution in [0.25, 0.3) is 0 Å². The number of aryl methyl sites for hydroxylation is 1. The molecule has 4 atom stereocenters. The van der Waals surface area contributed by atoms with Gasteiger partial charge in [0.1, 0.15) is 0 Å². The van der Waals surface area contributed by atoms with Gasteiger partial charge in [-0.05, 0) is 68.6 Å². The Morgan fingerprint density at radius 1 is 1.00 bits per heavy atom. The first-order valence-corrected chi connectivity index (χ1v) is 9.31. The zero-order valence-electron chi connectivity index (χ0n) is 16.5. The van der Waals surface area contributed by atoms with E-state index >= 15 is 0 Å². The summed E-state index contributed by atoms with van der Waals surface area (Å²) in [6.07, 6.45) is 1.64. The SMILES string of the molecule is Cc1nc(C(C)C)c2c(c1C)[C@H](C)[C@H](C)O[C@H](C)CC2C(C)C. The van der Waals surface area contributed by atoms with E-state index in [9.17, 15) is 0 Å². The Bertz CT molecular complexity index is 561. The van der Waals surface area contributed by atoms with Gasteiger partial charge in [-0.1, -0.05) is 34.6 Å². The molecule has 0 fully saturated rings. The first-order chi connectivity index (χ1) is 10.6. The van der Waals surface area contributed by atoms with Crippen molar-refractivity contribution in [2.75, 3.05) is 0 Å². The zero-order valence-corrected chi connectivity index (χ0v) is 16.5. The first kappa shape index (κ1) is 18.4. The molecule has 23 heavy (non-hydrogen) atoms. The number of hydrogen-bond donors (Lipinski definition) is 0. The van der Waals surface area contributed by atoms with Gasteiger partial charge in [-0.2, -0.15) is 0 Å². The van der Waals surface area contributed by atoms with Gasteiger partial charge in [0.2, 0.25) is 0 Å². The van der Waals surface area contributed by atoms with Crippen molar-refractivity contribution in [3.05, 3.63) is 28.1 Å². The minimum absolute atomic E-state index is 0.248. The van der Waals surface area contributed by atoms with Gasteiger partial charge in [-0.25, -0.2) is 0 Å². The fourth-order valence-corrected chi connectivity index (χ4v) is 4.13. The molecule has 1 unspecified atom stereocenters. The summed E-state index contributed by atoms with van der Waals surface area (Å²) in [5, 5.41) is 0. The maximum absolute atomic E-state index is 6.32. The van der Waals surface area contributed by atoms with Crippen LogP contribution >= 0.6 is 0 Å². The molecule has 2 heterocycles. The summed E-state index contributed by atoms with van der Waals surface area (Å²) in [5.41, 5.74) is 6.91. The Labute approximate surface area is 143 Å². The highest BCUT2D eigenvalue weighted by atomic mass is 16.5. The third-order valence-electron chi connectivity index (χ3n) is 5.72. The predicted molar refractivity (Wildman–Crippen MR) is 98.4 cm³/mol. The highest BCUT2D eigenvalue weighted by molar-refractivity contribution is 5.46. The lowest BCUT2D eigenvalue weighted by Crippen LogP contribution is -2.31. The molecule has 1 aliphatic heterocycles. The maximum Gasteiger partial charge on any atom is 0.0616 e. The lowest BCUT2D eigenvalue weighted by molar-refractivity contribution is -0.0174. The molecule has 2 rings (SSSR count). The number of pyridine rings is 1. The maximum atomic E-state index is 6.32. The number of nitrogens with zero attached hydrogens (tertiary/aromatic N) is 1. The summed E-state index contributed by atoms with van der Waals surface area (Å²) in [6.45, 7) is 20.4. The number of hydrogen-bond acceptors (Lipinski definition) is 2. The molecule has 0 saturated heterocycles. The largest absolute Gasteiger partial charge is 0.375 e. The van der Waals surface area contributed by atoms with Crippen molar-refractivity contribution in [1.82, 2.24) is 4.98 Å². The molecule has 0 aliphatic carbocycles. The molecule has 2 nitrogen and oxygen atoms in total. The zero-order chi connectivity index (χ0) is 17.5. The highest BCUT2D eigenvalue weighted by Gasteiger charge is 2.34. The molecule has 0 amide bonds. The van der Waals surface area contributed by atoms with Crippen molar-refractivity contribution < 1.29 is 4.74 Å². The second-order valence-electron chi connectivity index (χ2n) is 8.22. The third-order valence-corrected chi connectivity index (χ3v) is 5.72. The van der Waals surface area contributed by atoms with Crippen LogP contribution in [0.4, 0.5) is 0 Å². The summed E-state index contributed by atoms with van der Waals surface area (Å²) in [7, 11) is 0. The lowest BCUT2D eigenvalue weighted by atomic mass is 9.74. The minimum Gasteiger partial charge on any atom is -0.375 e. The Hall–Kier alpha value is -0.890. The minimum atomic E-state index is 0.248. The van der Waals surface area contributed by atoms with E-state index in [1.54, 1.807) is 0 Å². The highest BCUT2D eigenvalue weighted by Crippen LogP contribution is 2.44. The van der Waals surface area contributed by atoms with Crippen LogP contribution in [0.5, 0.6) is 0 Å². The van der Waals surface area contributed by atoms with Crippen LogP contribution in [0.15, 0.2) is 0 Å². The normalized spacial score (nSPS) is 28.7. The van der Waals surface area contributed by atoms with Crippen molar-refractivity contribution in [1.29, 1.82) is 0 Å². The van der Waals surface area contributed by atoms with Gasteiger partial charge in [0, 0.05) is 17.3 Å².